The van der Waals surface area contributed by atoms with Crippen LogP contribution >= 0.6 is 0 Å². The van der Waals surface area contributed by atoms with Crippen molar-refractivity contribution in [1.29, 1.82) is 0 Å². The molecule has 0 saturated heterocycles. The number of aromatic nitrogens is 1. The van der Waals surface area contributed by atoms with E-state index in [0.717, 1.165) is 28.1 Å². The van der Waals surface area contributed by atoms with E-state index < -0.39 is 0 Å². The van der Waals surface area contributed by atoms with Gasteiger partial charge in [0, 0.05) is 27.3 Å². The Morgan fingerprint density at radius 3 is 1.87 bits per heavy atom. The van der Waals surface area contributed by atoms with Crippen LogP contribution in [0.15, 0.2) is 164 Å². The number of benzene rings is 8. The van der Waals surface area contributed by atoms with E-state index in [2.05, 4.69) is 162 Å². The van der Waals surface area contributed by atoms with Gasteiger partial charge in [-0.15, -0.1) is 0 Å². The Hall–Kier alpha value is -6.12. The second-order valence-electron chi connectivity index (χ2n) is 12.0. The molecule has 9 aromatic rings. The van der Waals surface area contributed by atoms with Crippen LogP contribution in [0.4, 0.5) is 0 Å². The lowest BCUT2D eigenvalue weighted by molar-refractivity contribution is 0.487. The summed E-state index contributed by atoms with van der Waals surface area (Å²) in [6.45, 7) is 0. The summed E-state index contributed by atoms with van der Waals surface area (Å²) in [6.07, 6.45) is 0. The Kier molecular flexibility index (Phi) is 5.31. The van der Waals surface area contributed by atoms with E-state index in [1.165, 1.54) is 65.8 Å². The molecule has 214 valence electrons. The molecule has 0 spiro atoms. The molecule has 1 aliphatic rings. The van der Waals surface area contributed by atoms with E-state index in [0.29, 0.717) is 0 Å². The molecule has 0 amide bonds. The number of nitrogens with zero attached hydrogens (tertiary/aromatic N) is 1. The van der Waals surface area contributed by atoms with Crippen LogP contribution in [0, 0.1) is 0 Å². The molecule has 1 aliphatic heterocycles. The maximum absolute atomic E-state index is 6.43. The highest BCUT2D eigenvalue weighted by Crippen LogP contribution is 2.50. The van der Waals surface area contributed by atoms with Crippen LogP contribution in [0.3, 0.4) is 0 Å². The van der Waals surface area contributed by atoms with Crippen molar-refractivity contribution >= 4 is 43.4 Å². The van der Waals surface area contributed by atoms with Crippen molar-refractivity contribution in [2.45, 2.75) is 0 Å². The van der Waals surface area contributed by atoms with E-state index in [1.807, 2.05) is 6.07 Å². The van der Waals surface area contributed by atoms with Gasteiger partial charge in [-0.05, 0) is 68.7 Å². The summed E-state index contributed by atoms with van der Waals surface area (Å²) in [5, 5.41) is 7.45. The van der Waals surface area contributed by atoms with Gasteiger partial charge in [0.2, 0.25) is 0 Å². The molecule has 0 N–H and O–H groups in total. The van der Waals surface area contributed by atoms with Crippen LogP contribution in [0.2, 0.25) is 0 Å². The van der Waals surface area contributed by atoms with E-state index in [4.69, 9.17) is 4.74 Å². The predicted octanol–water partition coefficient (Wildman–Crippen LogP) is 12.2. The average Bonchev–Trinajstić information content (AvgIpc) is 3.47. The fraction of sp³-hybridized carbons (Fsp3) is 0. The average molecular weight is 586 g/mol. The first-order chi connectivity index (χ1) is 22.8. The van der Waals surface area contributed by atoms with Gasteiger partial charge < -0.3 is 9.30 Å². The molecule has 1 aromatic heterocycles. The molecule has 10 rings (SSSR count). The van der Waals surface area contributed by atoms with Crippen LogP contribution in [0.5, 0.6) is 11.5 Å². The summed E-state index contributed by atoms with van der Waals surface area (Å²) in [5.74, 6) is 1.81. The minimum Gasteiger partial charge on any atom is -0.456 e. The summed E-state index contributed by atoms with van der Waals surface area (Å²) >= 11 is 0. The van der Waals surface area contributed by atoms with Crippen molar-refractivity contribution in [3.8, 4) is 50.6 Å². The minimum atomic E-state index is 0.906. The summed E-state index contributed by atoms with van der Waals surface area (Å²) in [4.78, 5) is 0. The van der Waals surface area contributed by atoms with Crippen LogP contribution in [-0.4, -0.2) is 4.57 Å². The molecule has 0 unspecified atom stereocenters. The monoisotopic (exact) mass is 585 g/mol. The van der Waals surface area contributed by atoms with Crippen molar-refractivity contribution in [2.75, 3.05) is 0 Å². The standard InChI is InChI=1S/C44H27NO/c1-2-13-29-28(12-1)24-26-40-43(29)37-18-6-9-22-39(37)45(40)38-21-8-5-16-33(38)31-15-4-3-14-30(31)32-25-27-42-44-35(32)19-11-20-36(44)34-17-7-10-23-41(34)46-42/h1-27H. The van der Waals surface area contributed by atoms with E-state index >= 15 is 0 Å². The first kappa shape index (κ1) is 25.2. The highest BCUT2D eigenvalue weighted by atomic mass is 16.5. The molecule has 2 heterocycles. The fourth-order valence-electron chi connectivity index (χ4n) is 7.66. The maximum Gasteiger partial charge on any atom is 0.135 e. The van der Waals surface area contributed by atoms with Crippen molar-refractivity contribution in [1.82, 2.24) is 4.57 Å². The summed E-state index contributed by atoms with van der Waals surface area (Å²) in [5.41, 5.74) is 10.7. The van der Waals surface area contributed by atoms with Crippen LogP contribution in [0.25, 0.3) is 82.4 Å². The van der Waals surface area contributed by atoms with Gasteiger partial charge in [-0.2, -0.15) is 0 Å². The minimum absolute atomic E-state index is 0.906. The summed E-state index contributed by atoms with van der Waals surface area (Å²) < 4.78 is 8.88. The van der Waals surface area contributed by atoms with Gasteiger partial charge in [0.15, 0.2) is 0 Å². The SMILES string of the molecule is c1ccc2c(c1)Oc1ccc(-c3ccccc3-c3ccccc3-n3c4ccccc4c4c5ccccc5ccc43)c3cccc-2c13. The molecule has 46 heavy (non-hydrogen) atoms. The smallest absolute Gasteiger partial charge is 0.135 e. The second-order valence-corrected chi connectivity index (χ2v) is 12.0. The van der Waals surface area contributed by atoms with Crippen LogP contribution < -0.4 is 4.74 Å². The molecule has 0 aliphatic carbocycles. The molecule has 2 heteroatoms. The molecule has 2 nitrogen and oxygen atoms in total. The third kappa shape index (κ3) is 3.53. The molecule has 0 radical (unpaired) electrons. The van der Waals surface area contributed by atoms with Gasteiger partial charge in [0.05, 0.1) is 16.7 Å². The Labute approximate surface area is 266 Å². The number of ether oxygens (including phenoxy) is 1. The Bertz CT molecular complexity index is 2680. The van der Waals surface area contributed by atoms with E-state index in [-0.39, 0.29) is 0 Å². The third-order valence-corrected chi connectivity index (χ3v) is 9.61. The quantitative estimate of drug-likeness (QED) is 0.201. The number of fused-ring (bicyclic) bond motifs is 7. The Morgan fingerprint density at radius 1 is 0.326 bits per heavy atom. The summed E-state index contributed by atoms with van der Waals surface area (Å²) in [6, 6.07) is 59.0. The van der Waals surface area contributed by atoms with Gasteiger partial charge in [0.1, 0.15) is 11.5 Å². The third-order valence-electron chi connectivity index (χ3n) is 9.61. The predicted molar refractivity (Wildman–Crippen MR) is 192 cm³/mol. The molecular formula is C44H27NO. The Morgan fingerprint density at radius 2 is 0.978 bits per heavy atom. The van der Waals surface area contributed by atoms with Crippen molar-refractivity contribution < 1.29 is 4.74 Å². The number of para-hydroxylation sites is 3. The van der Waals surface area contributed by atoms with Crippen molar-refractivity contribution in [3.63, 3.8) is 0 Å². The van der Waals surface area contributed by atoms with Crippen molar-refractivity contribution in [3.05, 3.63) is 164 Å². The van der Waals surface area contributed by atoms with Gasteiger partial charge in [-0.1, -0.05) is 133 Å². The molecule has 8 aromatic carbocycles. The molecule has 0 fully saturated rings. The lowest BCUT2D eigenvalue weighted by Gasteiger charge is -2.23. The number of hydrogen-bond donors (Lipinski definition) is 0. The summed E-state index contributed by atoms with van der Waals surface area (Å²) in [7, 11) is 0. The topological polar surface area (TPSA) is 14.2 Å². The highest BCUT2D eigenvalue weighted by Gasteiger charge is 2.23. The first-order valence-corrected chi connectivity index (χ1v) is 15.8. The van der Waals surface area contributed by atoms with Crippen molar-refractivity contribution in [2.24, 2.45) is 0 Å². The molecule has 0 saturated carbocycles. The van der Waals surface area contributed by atoms with E-state index in [9.17, 15) is 0 Å². The largest absolute Gasteiger partial charge is 0.456 e. The van der Waals surface area contributed by atoms with Gasteiger partial charge in [0.25, 0.3) is 0 Å². The zero-order chi connectivity index (χ0) is 30.2. The zero-order valence-electron chi connectivity index (χ0n) is 24.9. The zero-order valence-corrected chi connectivity index (χ0v) is 24.9. The van der Waals surface area contributed by atoms with Crippen LogP contribution in [-0.2, 0) is 0 Å². The number of hydrogen-bond acceptors (Lipinski definition) is 1. The maximum atomic E-state index is 6.43. The van der Waals surface area contributed by atoms with Gasteiger partial charge >= 0.3 is 0 Å². The first-order valence-electron chi connectivity index (χ1n) is 15.8. The molecule has 0 atom stereocenters. The van der Waals surface area contributed by atoms with E-state index in [1.54, 1.807) is 0 Å². The van der Waals surface area contributed by atoms with Gasteiger partial charge in [-0.25, -0.2) is 0 Å². The Balaban J connectivity index is 1.24. The molecule has 0 bridgehead atoms. The van der Waals surface area contributed by atoms with Gasteiger partial charge in [-0.3, -0.25) is 0 Å². The highest BCUT2D eigenvalue weighted by molar-refractivity contribution is 6.21. The normalized spacial score (nSPS) is 12.1. The lowest BCUT2D eigenvalue weighted by Crippen LogP contribution is -1.99. The molecular weight excluding hydrogens is 558 g/mol. The number of rotatable bonds is 3. The van der Waals surface area contributed by atoms with Crippen LogP contribution in [0.1, 0.15) is 0 Å². The lowest BCUT2D eigenvalue weighted by atomic mass is 9.87. The second kappa shape index (κ2) is 9.69. The fourth-order valence-corrected chi connectivity index (χ4v) is 7.66.